The highest BCUT2D eigenvalue weighted by atomic mass is 127. The normalized spacial score (nSPS) is 10.7. The third-order valence-corrected chi connectivity index (χ3v) is 4.54. The van der Waals surface area contributed by atoms with Crippen LogP contribution in [-0.4, -0.2) is 9.55 Å². The molecule has 0 spiro atoms. The minimum Gasteiger partial charge on any atom is -0.327 e. The van der Waals surface area contributed by atoms with Crippen LogP contribution in [0.5, 0.6) is 0 Å². The first kappa shape index (κ1) is 13.6. The van der Waals surface area contributed by atoms with Gasteiger partial charge in [0.2, 0.25) is 0 Å². The van der Waals surface area contributed by atoms with Gasteiger partial charge in [-0.15, -0.1) is 0 Å². The van der Waals surface area contributed by atoms with Crippen molar-refractivity contribution in [2.75, 3.05) is 0 Å². The largest absolute Gasteiger partial charge is 0.327 e. The fraction of sp³-hybridized carbons (Fsp3) is 0.0667. The summed E-state index contributed by atoms with van der Waals surface area (Å²) in [5, 5.41) is 9.00. The predicted molar refractivity (Wildman–Crippen MR) is 91.3 cm³/mol. The van der Waals surface area contributed by atoms with E-state index in [0.29, 0.717) is 5.56 Å². The summed E-state index contributed by atoms with van der Waals surface area (Å²) in [6.07, 6.45) is 0. The lowest BCUT2D eigenvalue weighted by atomic mass is 10.2. The number of hydrogen-bond acceptors (Lipinski definition) is 2. The number of halogens is 2. The van der Waals surface area contributed by atoms with E-state index in [-0.39, 0.29) is 0 Å². The van der Waals surface area contributed by atoms with Gasteiger partial charge in [0.15, 0.2) is 0 Å². The molecule has 5 heteroatoms. The Bertz CT molecular complexity index is 861. The summed E-state index contributed by atoms with van der Waals surface area (Å²) >= 11 is 5.87. The van der Waals surface area contributed by atoms with Crippen LogP contribution in [0.3, 0.4) is 0 Å². The lowest BCUT2D eigenvalue weighted by Crippen LogP contribution is -1.94. The van der Waals surface area contributed by atoms with Crippen LogP contribution in [0.1, 0.15) is 5.56 Å². The van der Waals surface area contributed by atoms with Crippen molar-refractivity contribution in [3.63, 3.8) is 0 Å². The molecule has 0 aliphatic heterocycles. The van der Waals surface area contributed by atoms with Crippen molar-refractivity contribution in [3.8, 4) is 17.5 Å². The van der Waals surface area contributed by atoms with Crippen molar-refractivity contribution in [3.05, 3.63) is 50.0 Å². The summed E-state index contributed by atoms with van der Waals surface area (Å²) in [6, 6.07) is 13.9. The molecule has 0 atom stereocenters. The minimum absolute atomic E-state index is 0.647. The number of fused-ring (bicyclic) bond motifs is 1. The molecule has 0 bridgehead atoms. The van der Waals surface area contributed by atoms with Gasteiger partial charge in [0.1, 0.15) is 5.82 Å². The monoisotopic (exact) mass is 437 g/mol. The van der Waals surface area contributed by atoms with Crippen molar-refractivity contribution in [2.24, 2.45) is 7.05 Å². The molecule has 3 rings (SSSR count). The van der Waals surface area contributed by atoms with Gasteiger partial charge in [-0.25, -0.2) is 4.98 Å². The fourth-order valence-corrected chi connectivity index (χ4v) is 3.08. The molecule has 3 aromatic rings. The Kier molecular flexibility index (Phi) is 3.52. The first-order chi connectivity index (χ1) is 9.60. The Morgan fingerprint density at radius 2 is 2.05 bits per heavy atom. The summed E-state index contributed by atoms with van der Waals surface area (Å²) in [5.74, 6) is 0.889. The average molecular weight is 438 g/mol. The van der Waals surface area contributed by atoms with Crippen LogP contribution in [0.2, 0.25) is 0 Å². The van der Waals surface area contributed by atoms with Crippen molar-refractivity contribution >= 4 is 49.6 Å². The maximum atomic E-state index is 9.00. The number of nitrogens with zero attached hydrogens (tertiary/aromatic N) is 3. The number of hydrogen-bond donors (Lipinski definition) is 0. The zero-order valence-corrected chi connectivity index (χ0v) is 14.3. The molecule has 0 fully saturated rings. The van der Waals surface area contributed by atoms with Crippen molar-refractivity contribution in [2.45, 2.75) is 0 Å². The van der Waals surface area contributed by atoms with Gasteiger partial charge in [0.25, 0.3) is 0 Å². The predicted octanol–water partition coefficient (Wildman–Crippen LogP) is 4.48. The topological polar surface area (TPSA) is 41.6 Å². The molecule has 1 heterocycles. The molecule has 0 radical (unpaired) electrons. The van der Waals surface area contributed by atoms with Crippen LogP contribution in [0.4, 0.5) is 0 Å². The molecular formula is C15H9BrIN3. The summed E-state index contributed by atoms with van der Waals surface area (Å²) in [4.78, 5) is 4.68. The molecule has 3 nitrogen and oxygen atoms in total. The SMILES string of the molecule is Cn1c(-c2cc(I)ccc2Br)nc2ccc(C#N)cc21. The van der Waals surface area contributed by atoms with Crippen molar-refractivity contribution in [1.82, 2.24) is 9.55 Å². The summed E-state index contributed by atoms with van der Waals surface area (Å²) in [7, 11) is 1.97. The molecule has 0 saturated carbocycles. The van der Waals surface area contributed by atoms with Gasteiger partial charge in [-0.05, 0) is 59.0 Å². The Morgan fingerprint density at radius 3 is 2.80 bits per heavy atom. The summed E-state index contributed by atoms with van der Waals surface area (Å²) in [6.45, 7) is 0. The molecule has 98 valence electrons. The molecule has 0 unspecified atom stereocenters. The second-order valence-corrected chi connectivity index (χ2v) is 6.53. The Hall–Kier alpha value is -1.39. The van der Waals surface area contributed by atoms with Crippen molar-refractivity contribution in [1.29, 1.82) is 5.26 Å². The molecule has 0 aliphatic rings. The highest BCUT2D eigenvalue weighted by Crippen LogP contribution is 2.31. The van der Waals surface area contributed by atoms with Gasteiger partial charge in [-0.2, -0.15) is 5.26 Å². The molecule has 0 aliphatic carbocycles. The first-order valence-electron chi connectivity index (χ1n) is 5.92. The molecule has 2 aromatic carbocycles. The van der Waals surface area contributed by atoms with Gasteiger partial charge in [-0.3, -0.25) is 0 Å². The van der Waals surface area contributed by atoms with E-state index in [0.717, 1.165) is 30.5 Å². The zero-order valence-electron chi connectivity index (χ0n) is 10.6. The molecule has 1 aromatic heterocycles. The van der Waals surface area contributed by atoms with E-state index in [1.54, 1.807) is 6.07 Å². The van der Waals surface area contributed by atoms with Gasteiger partial charge in [0, 0.05) is 20.7 Å². The van der Waals surface area contributed by atoms with E-state index in [2.05, 4.69) is 55.6 Å². The van der Waals surface area contributed by atoms with E-state index in [4.69, 9.17) is 5.26 Å². The fourth-order valence-electron chi connectivity index (χ4n) is 2.17. The molecule has 0 N–H and O–H groups in total. The smallest absolute Gasteiger partial charge is 0.142 e. The van der Waals surface area contributed by atoms with Crippen LogP contribution in [-0.2, 0) is 7.05 Å². The maximum absolute atomic E-state index is 9.00. The quantitative estimate of drug-likeness (QED) is 0.526. The Labute approximate surface area is 138 Å². The summed E-state index contributed by atoms with van der Waals surface area (Å²) in [5.41, 5.74) is 3.56. The van der Waals surface area contributed by atoms with Gasteiger partial charge in [0.05, 0.1) is 22.7 Å². The number of aryl methyl sites for hydroxylation is 1. The number of nitriles is 1. The van der Waals surface area contributed by atoms with Crippen LogP contribution in [0.25, 0.3) is 22.4 Å². The average Bonchev–Trinajstić information content (AvgIpc) is 2.78. The van der Waals surface area contributed by atoms with E-state index in [1.807, 2.05) is 35.9 Å². The standard InChI is InChI=1S/C15H9BrIN3/c1-20-14-6-9(8-18)2-5-13(14)19-15(20)11-7-10(17)3-4-12(11)16/h2-7H,1H3. The van der Waals surface area contributed by atoms with Crippen LogP contribution < -0.4 is 0 Å². The van der Waals surface area contributed by atoms with Crippen LogP contribution >= 0.6 is 38.5 Å². The Balaban J connectivity index is 2.30. The lowest BCUT2D eigenvalue weighted by molar-refractivity contribution is 0.958. The van der Waals surface area contributed by atoms with E-state index < -0.39 is 0 Å². The van der Waals surface area contributed by atoms with Gasteiger partial charge < -0.3 is 4.57 Å². The molecule has 0 saturated heterocycles. The van der Waals surface area contributed by atoms with Crippen LogP contribution in [0, 0.1) is 14.9 Å². The van der Waals surface area contributed by atoms with Crippen molar-refractivity contribution < 1.29 is 0 Å². The molecular weight excluding hydrogens is 429 g/mol. The summed E-state index contributed by atoms with van der Waals surface area (Å²) < 4.78 is 4.19. The highest BCUT2D eigenvalue weighted by molar-refractivity contribution is 14.1. The number of rotatable bonds is 1. The number of aromatic nitrogens is 2. The number of benzene rings is 2. The highest BCUT2D eigenvalue weighted by Gasteiger charge is 2.13. The minimum atomic E-state index is 0.647. The molecule has 20 heavy (non-hydrogen) atoms. The second-order valence-electron chi connectivity index (χ2n) is 4.43. The Morgan fingerprint density at radius 1 is 1.25 bits per heavy atom. The molecule has 0 amide bonds. The van der Waals surface area contributed by atoms with Gasteiger partial charge >= 0.3 is 0 Å². The maximum Gasteiger partial charge on any atom is 0.142 e. The first-order valence-corrected chi connectivity index (χ1v) is 7.79. The third-order valence-electron chi connectivity index (χ3n) is 3.18. The second kappa shape index (κ2) is 5.19. The van der Waals surface area contributed by atoms with E-state index in [1.165, 1.54) is 0 Å². The van der Waals surface area contributed by atoms with Gasteiger partial charge in [-0.1, -0.05) is 15.9 Å². The van der Waals surface area contributed by atoms with E-state index >= 15 is 0 Å². The van der Waals surface area contributed by atoms with E-state index in [9.17, 15) is 0 Å². The third kappa shape index (κ3) is 2.23. The zero-order chi connectivity index (χ0) is 14.3. The number of imidazole rings is 1. The van der Waals surface area contributed by atoms with Crippen LogP contribution in [0.15, 0.2) is 40.9 Å². The lowest BCUT2D eigenvalue weighted by Gasteiger charge is -2.05.